The third kappa shape index (κ3) is 4.40. The summed E-state index contributed by atoms with van der Waals surface area (Å²) in [5, 5.41) is 7.96. The molecule has 1 N–H and O–H groups in total. The molecule has 1 fully saturated rings. The van der Waals surface area contributed by atoms with Gasteiger partial charge in [-0.25, -0.2) is 4.39 Å². The molecule has 7 heteroatoms. The van der Waals surface area contributed by atoms with Gasteiger partial charge in [-0.3, -0.25) is 9.67 Å². The van der Waals surface area contributed by atoms with E-state index in [0.29, 0.717) is 0 Å². The number of anilines is 1. The first-order valence-electron chi connectivity index (χ1n) is 9.44. The number of aliphatic imine (C=N–C) groups is 1. The van der Waals surface area contributed by atoms with Crippen molar-refractivity contribution in [3.8, 4) is 0 Å². The summed E-state index contributed by atoms with van der Waals surface area (Å²) in [6, 6.07) is 6.72. The summed E-state index contributed by atoms with van der Waals surface area (Å²) in [4.78, 5) is 9.01. The van der Waals surface area contributed by atoms with Gasteiger partial charge in [0.05, 0.1) is 5.69 Å². The Kier molecular flexibility index (Phi) is 5.98. The molecule has 6 nitrogen and oxygen atoms in total. The van der Waals surface area contributed by atoms with E-state index >= 15 is 0 Å². The van der Waals surface area contributed by atoms with Crippen LogP contribution in [0.1, 0.15) is 17.0 Å². The Hall–Kier alpha value is -2.57. The third-order valence-corrected chi connectivity index (χ3v) is 5.30. The van der Waals surface area contributed by atoms with Crippen LogP contribution in [0.25, 0.3) is 0 Å². The molecule has 0 aliphatic carbocycles. The van der Waals surface area contributed by atoms with Gasteiger partial charge in [-0.1, -0.05) is 0 Å². The van der Waals surface area contributed by atoms with Crippen molar-refractivity contribution < 1.29 is 4.39 Å². The molecule has 0 saturated carbocycles. The number of hydrogen-bond acceptors (Lipinski definition) is 3. The van der Waals surface area contributed by atoms with Gasteiger partial charge in [0.25, 0.3) is 0 Å². The summed E-state index contributed by atoms with van der Waals surface area (Å²) >= 11 is 0. The maximum absolute atomic E-state index is 13.1. The highest BCUT2D eigenvalue weighted by Crippen LogP contribution is 2.17. The number of piperazine rings is 1. The van der Waals surface area contributed by atoms with Gasteiger partial charge < -0.3 is 15.1 Å². The quantitative estimate of drug-likeness (QED) is 0.660. The van der Waals surface area contributed by atoms with Crippen LogP contribution in [0.3, 0.4) is 0 Å². The summed E-state index contributed by atoms with van der Waals surface area (Å²) < 4.78 is 15.0. The van der Waals surface area contributed by atoms with Crippen molar-refractivity contribution in [3.63, 3.8) is 0 Å². The molecule has 1 aliphatic rings. The molecule has 0 bridgehead atoms. The van der Waals surface area contributed by atoms with E-state index in [-0.39, 0.29) is 5.82 Å². The molecule has 27 heavy (non-hydrogen) atoms. The standard InChI is InChI=1S/C20H29FN6/c1-15-19(16(2)25(4)24-15)9-10-23-20(22-3)27-13-11-26(12-14-27)18-7-5-17(21)6-8-18/h5-8H,9-14H2,1-4H3,(H,22,23). The van der Waals surface area contributed by atoms with Crippen molar-refractivity contribution in [2.75, 3.05) is 44.7 Å². The van der Waals surface area contributed by atoms with Gasteiger partial charge in [-0.2, -0.15) is 5.10 Å². The fourth-order valence-electron chi connectivity index (χ4n) is 3.64. The molecule has 0 atom stereocenters. The lowest BCUT2D eigenvalue weighted by molar-refractivity contribution is 0.373. The molecule has 3 rings (SSSR count). The second kappa shape index (κ2) is 8.41. The number of guanidine groups is 1. The lowest BCUT2D eigenvalue weighted by Crippen LogP contribution is -2.52. The van der Waals surface area contributed by atoms with Crippen LogP contribution in [-0.2, 0) is 13.5 Å². The molecule has 0 amide bonds. The van der Waals surface area contributed by atoms with E-state index in [0.717, 1.165) is 56.5 Å². The summed E-state index contributed by atoms with van der Waals surface area (Å²) in [7, 11) is 3.81. The van der Waals surface area contributed by atoms with E-state index in [1.54, 1.807) is 0 Å². The molecular formula is C20H29FN6. The first-order chi connectivity index (χ1) is 13.0. The average molecular weight is 372 g/mol. The average Bonchev–Trinajstić information content (AvgIpc) is 2.92. The van der Waals surface area contributed by atoms with Crippen molar-refractivity contribution in [3.05, 3.63) is 47.0 Å². The van der Waals surface area contributed by atoms with Gasteiger partial charge >= 0.3 is 0 Å². The van der Waals surface area contributed by atoms with Gasteiger partial charge in [0.2, 0.25) is 0 Å². The highest BCUT2D eigenvalue weighted by atomic mass is 19.1. The Morgan fingerprint density at radius 3 is 2.37 bits per heavy atom. The number of nitrogens with zero attached hydrogens (tertiary/aromatic N) is 5. The van der Waals surface area contributed by atoms with Crippen LogP contribution >= 0.6 is 0 Å². The van der Waals surface area contributed by atoms with Crippen LogP contribution in [-0.4, -0.2) is 60.4 Å². The Balaban J connectivity index is 1.51. The van der Waals surface area contributed by atoms with E-state index in [4.69, 9.17) is 0 Å². The molecule has 1 aliphatic heterocycles. The molecule has 0 spiro atoms. The molecule has 0 unspecified atom stereocenters. The van der Waals surface area contributed by atoms with E-state index < -0.39 is 0 Å². The summed E-state index contributed by atoms with van der Waals surface area (Å²) in [5.41, 5.74) is 4.69. The van der Waals surface area contributed by atoms with Crippen LogP contribution in [0.4, 0.5) is 10.1 Å². The number of aryl methyl sites for hydroxylation is 2. The number of hydrogen-bond donors (Lipinski definition) is 1. The number of nitrogens with one attached hydrogen (secondary N) is 1. The van der Waals surface area contributed by atoms with Crippen LogP contribution in [0.2, 0.25) is 0 Å². The van der Waals surface area contributed by atoms with Gasteiger partial charge in [-0.05, 0) is 50.1 Å². The third-order valence-electron chi connectivity index (χ3n) is 5.30. The lowest BCUT2D eigenvalue weighted by atomic mass is 10.1. The van der Waals surface area contributed by atoms with Crippen LogP contribution in [0, 0.1) is 19.7 Å². The molecule has 1 aromatic carbocycles. The van der Waals surface area contributed by atoms with Gasteiger partial charge in [0.15, 0.2) is 5.96 Å². The fraction of sp³-hybridized carbons (Fsp3) is 0.500. The Labute approximate surface area is 160 Å². The molecule has 2 aromatic rings. The van der Waals surface area contributed by atoms with Crippen molar-refractivity contribution in [2.24, 2.45) is 12.0 Å². The van der Waals surface area contributed by atoms with Gasteiger partial charge in [-0.15, -0.1) is 0 Å². The number of benzene rings is 1. The van der Waals surface area contributed by atoms with Crippen molar-refractivity contribution in [1.82, 2.24) is 20.0 Å². The molecule has 1 aromatic heterocycles. The predicted octanol–water partition coefficient (Wildman–Crippen LogP) is 2.12. The predicted molar refractivity (Wildman–Crippen MR) is 108 cm³/mol. The first-order valence-corrected chi connectivity index (χ1v) is 9.44. The summed E-state index contributed by atoms with van der Waals surface area (Å²) in [5.74, 6) is 0.744. The van der Waals surface area contributed by atoms with Crippen molar-refractivity contribution >= 4 is 11.6 Å². The zero-order chi connectivity index (χ0) is 19.4. The minimum Gasteiger partial charge on any atom is -0.368 e. The topological polar surface area (TPSA) is 48.7 Å². The second-order valence-corrected chi connectivity index (χ2v) is 6.95. The van der Waals surface area contributed by atoms with E-state index in [2.05, 4.69) is 39.1 Å². The number of halogens is 1. The number of aromatic nitrogens is 2. The van der Waals surface area contributed by atoms with Gasteiger partial charge in [0, 0.05) is 58.2 Å². The highest BCUT2D eigenvalue weighted by molar-refractivity contribution is 5.80. The molecule has 2 heterocycles. The largest absolute Gasteiger partial charge is 0.368 e. The van der Waals surface area contributed by atoms with E-state index in [1.807, 2.05) is 30.9 Å². The SMILES string of the molecule is CN=C(NCCc1c(C)nn(C)c1C)N1CCN(c2ccc(F)cc2)CC1. The molecule has 0 radical (unpaired) electrons. The van der Waals surface area contributed by atoms with Gasteiger partial charge in [0.1, 0.15) is 5.82 Å². The molecule has 146 valence electrons. The Bertz CT molecular complexity index is 788. The lowest BCUT2D eigenvalue weighted by Gasteiger charge is -2.37. The maximum atomic E-state index is 13.1. The van der Waals surface area contributed by atoms with Crippen LogP contribution in [0.15, 0.2) is 29.3 Å². The highest BCUT2D eigenvalue weighted by Gasteiger charge is 2.20. The second-order valence-electron chi connectivity index (χ2n) is 6.95. The minimum absolute atomic E-state index is 0.193. The van der Waals surface area contributed by atoms with Crippen molar-refractivity contribution in [1.29, 1.82) is 0 Å². The van der Waals surface area contributed by atoms with E-state index in [1.165, 1.54) is 23.4 Å². The number of rotatable bonds is 4. The monoisotopic (exact) mass is 372 g/mol. The van der Waals surface area contributed by atoms with Crippen LogP contribution < -0.4 is 10.2 Å². The first kappa shape index (κ1) is 19.2. The summed E-state index contributed by atoms with van der Waals surface area (Å²) in [6.45, 7) is 8.58. The fourth-order valence-corrected chi connectivity index (χ4v) is 3.64. The summed E-state index contributed by atoms with van der Waals surface area (Å²) in [6.07, 6.45) is 0.931. The normalized spacial score (nSPS) is 15.4. The zero-order valence-corrected chi connectivity index (χ0v) is 16.7. The molecular weight excluding hydrogens is 343 g/mol. The molecule has 1 saturated heterocycles. The van der Waals surface area contributed by atoms with Crippen molar-refractivity contribution in [2.45, 2.75) is 20.3 Å². The Morgan fingerprint density at radius 2 is 1.81 bits per heavy atom. The smallest absolute Gasteiger partial charge is 0.193 e. The minimum atomic E-state index is -0.193. The van der Waals surface area contributed by atoms with Crippen LogP contribution in [0.5, 0.6) is 0 Å². The maximum Gasteiger partial charge on any atom is 0.193 e. The van der Waals surface area contributed by atoms with E-state index in [9.17, 15) is 4.39 Å². The Morgan fingerprint density at radius 1 is 1.15 bits per heavy atom. The zero-order valence-electron chi connectivity index (χ0n) is 16.7.